The van der Waals surface area contributed by atoms with E-state index in [1.54, 1.807) is 0 Å². The van der Waals surface area contributed by atoms with Gasteiger partial charge in [-0.15, -0.1) is 0 Å². The second-order valence-electron chi connectivity index (χ2n) is 5.41. The van der Waals surface area contributed by atoms with E-state index < -0.39 is 0 Å². The highest BCUT2D eigenvalue weighted by Gasteiger charge is 2.09. The summed E-state index contributed by atoms with van der Waals surface area (Å²) in [5, 5.41) is 3.57. The summed E-state index contributed by atoms with van der Waals surface area (Å²) < 4.78 is 0. The molecule has 0 saturated carbocycles. The minimum Gasteiger partial charge on any atom is -0.314 e. The van der Waals surface area contributed by atoms with Gasteiger partial charge in [-0.2, -0.15) is 0 Å². The predicted molar refractivity (Wildman–Crippen MR) is 76.4 cm³/mol. The van der Waals surface area contributed by atoms with E-state index in [9.17, 15) is 0 Å². The number of nitrogens with one attached hydrogen (secondary N) is 1. The Balaban J connectivity index is 2.53. The standard InChI is InChI=1S/C16H27N/c1-5-7-16(12-17-13(2)3)11-15-9-6-8-14(4)10-15/h6,8-10,13,16-17H,5,7,11-12H2,1-4H3. The zero-order valence-electron chi connectivity index (χ0n) is 11.8. The van der Waals surface area contributed by atoms with E-state index in [0.29, 0.717) is 6.04 Å². The number of benzene rings is 1. The molecule has 1 aromatic carbocycles. The Morgan fingerprint density at radius 2 is 2.00 bits per heavy atom. The van der Waals surface area contributed by atoms with Crippen LogP contribution in [0.4, 0.5) is 0 Å². The maximum Gasteiger partial charge on any atom is 0.00104 e. The number of rotatable bonds is 7. The van der Waals surface area contributed by atoms with E-state index in [1.807, 2.05) is 0 Å². The number of hydrogen-bond donors (Lipinski definition) is 1. The van der Waals surface area contributed by atoms with E-state index >= 15 is 0 Å². The Hall–Kier alpha value is -0.820. The first kappa shape index (κ1) is 14.2. The molecule has 1 unspecified atom stereocenters. The monoisotopic (exact) mass is 233 g/mol. The van der Waals surface area contributed by atoms with Gasteiger partial charge in [-0.05, 0) is 37.8 Å². The van der Waals surface area contributed by atoms with Crippen LogP contribution in [0.3, 0.4) is 0 Å². The maximum absolute atomic E-state index is 3.57. The molecule has 0 bridgehead atoms. The molecule has 0 aliphatic heterocycles. The third-order valence-electron chi connectivity index (χ3n) is 3.12. The van der Waals surface area contributed by atoms with Crippen molar-refractivity contribution in [2.24, 2.45) is 5.92 Å². The van der Waals surface area contributed by atoms with Crippen LogP contribution in [0.15, 0.2) is 24.3 Å². The van der Waals surface area contributed by atoms with Crippen LogP contribution in [0, 0.1) is 12.8 Å². The van der Waals surface area contributed by atoms with E-state index in [2.05, 4.69) is 57.3 Å². The van der Waals surface area contributed by atoms with E-state index in [0.717, 1.165) is 12.5 Å². The molecule has 0 aliphatic carbocycles. The van der Waals surface area contributed by atoms with Crippen molar-refractivity contribution < 1.29 is 0 Å². The first-order valence-electron chi connectivity index (χ1n) is 6.90. The second-order valence-corrected chi connectivity index (χ2v) is 5.41. The fourth-order valence-electron chi connectivity index (χ4n) is 2.26. The molecule has 1 N–H and O–H groups in total. The molecule has 0 aromatic heterocycles. The summed E-state index contributed by atoms with van der Waals surface area (Å²) in [6.45, 7) is 10.0. The van der Waals surface area contributed by atoms with Crippen molar-refractivity contribution >= 4 is 0 Å². The van der Waals surface area contributed by atoms with Gasteiger partial charge in [0.1, 0.15) is 0 Å². The Labute approximate surface area is 107 Å². The molecule has 0 heterocycles. The minimum absolute atomic E-state index is 0.590. The lowest BCUT2D eigenvalue weighted by atomic mass is 9.94. The Bertz CT molecular complexity index is 317. The van der Waals surface area contributed by atoms with Crippen LogP contribution in [0.5, 0.6) is 0 Å². The molecule has 1 nitrogen and oxygen atoms in total. The third-order valence-corrected chi connectivity index (χ3v) is 3.12. The SMILES string of the molecule is CCCC(CNC(C)C)Cc1cccc(C)c1. The quantitative estimate of drug-likeness (QED) is 0.752. The number of aryl methyl sites for hydroxylation is 1. The molecule has 0 spiro atoms. The molecule has 0 amide bonds. The minimum atomic E-state index is 0.590. The summed E-state index contributed by atoms with van der Waals surface area (Å²) in [7, 11) is 0. The van der Waals surface area contributed by atoms with Crippen LogP contribution in [0.1, 0.15) is 44.7 Å². The molecule has 17 heavy (non-hydrogen) atoms. The normalized spacial score (nSPS) is 13.0. The fourth-order valence-corrected chi connectivity index (χ4v) is 2.26. The molecule has 0 radical (unpaired) electrons. The molecule has 1 rings (SSSR count). The molecule has 1 heteroatoms. The molecule has 0 saturated heterocycles. The zero-order valence-corrected chi connectivity index (χ0v) is 11.8. The van der Waals surface area contributed by atoms with Crippen LogP contribution < -0.4 is 5.32 Å². The van der Waals surface area contributed by atoms with Gasteiger partial charge in [0.25, 0.3) is 0 Å². The Kier molecular flexibility index (Phi) is 6.28. The average Bonchev–Trinajstić information content (AvgIpc) is 2.26. The van der Waals surface area contributed by atoms with Gasteiger partial charge in [-0.1, -0.05) is 57.0 Å². The van der Waals surface area contributed by atoms with Crippen molar-refractivity contribution in [3.63, 3.8) is 0 Å². The zero-order chi connectivity index (χ0) is 12.7. The van der Waals surface area contributed by atoms with Crippen LogP contribution >= 0.6 is 0 Å². The highest BCUT2D eigenvalue weighted by atomic mass is 14.9. The van der Waals surface area contributed by atoms with Gasteiger partial charge < -0.3 is 5.32 Å². The van der Waals surface area contributed by atoms with Gasteiger partial charge >= 0.3 is 0 Å². The van der Waals surface area contributed by atoms with Gasteiger partial charge in [0.15, 0.2) is 0 Å². The summed E-state index contributed by atoms with van der Waals surface area (Å²) in [5.41, 5.74) is 2.85. The van der Waals surface area contributed by atoms with Gasteiger partial charge in [0.2, 0.25) is 0 Å². The maximum atomic E-state index is 3.57. The fraction of sp³-hybridized carbons (Fsp3) is 0.625. The summed E-state index contributed by atoms with van der Waals surface area (Å²) in [6.07, 6.45) is 3.79. The summed E-state index contributed by atoms with van der Waals surface area (Å²) in [5.74, 6) is 0.768. The largest absolute Gasteiger partial charge is 0.314 e. The molecular formula is C16H27N. The second kappa shape index (κ2) is 7.50. The molecular weight excluding hydrogens is 206 g/mol. The smallest absolute Gasteiger partial charge is 0.00104 e. The average molecular weight is 233 g/mol. The lowest BCUT2D eigenvalue weighted by Crippen LogP contribution is -2.29. The highest BCUT2D eigenvalue weighted by molar-refractivity contribution is 5.22. The highest BCUT2D eigenvalue weighted by Crippen LogP contribution is 2.15. The molecule has 1 aromatic rings. The van der Waals surface area contributed by atoms with E-state index in [4.69, 9.17) is 0 Å². The summed E-state index contributed by atoms with van der Waals surface area (Å²) in [6, 6.07) is 9.50. The van der Waals surface area contributed by atoms with Crippen molar-refractivity contribution in [2.75, 3.05) is 6.54 Å². The Morgan fingerprint density at radius 1 is 1.24 bits per heavy atom. The Morgan fingerprint density at radius 3 is 2.59 bits per heavy atom. The van der Waals surface area contributed by atoms with Crippen molar-refractivity contribution in [2.45, 2.75) is 53.0 Å². The van der Waals surface area contributed by atoms with Crippen LogP contribution in [0.25, 0.3) is 0 Å². The third kappa shape index (κ3) is 5.88. The van der Waals surface area contributed by atoms with Crippen molar-refractivity contribution in [1.29, 1.82) is 0 Å². The molecule has 0 fully saturated rings. The van der Waals surface area contributed by atoms with Gasteiger partial charge in [-0.25, -0.2) is 0 Å². The molecule has 0 aliphatic rings. The molecule has 96 valence electrons. The first-order valence-corrected chi connectivity index (χ1v) is 6.90. The predicted octanol–water partition coefficient (Wildman–Crippen LogP) is 3.95. The van der Waals surface area contributed by atoms with Crippen LogP contribution in [-0.2, 0) is 6.42 Å². The van der Waals surface area contributed by atoms with E-state index in [1.165, 1.54) is 30.4 Å². The lowest BCUT2D eigenvalue weighted by Gasteiger charge is -2.19. The molecule has 1 atom stereocenters. The van der Waals surface area contributed by atoms with E-state index in [-0.39, 0.29) is 0 Å². The summed E-state index contributed by atoms with van der Waals surface area (Å²) >= 11 is 0. The number of hydrogen-bond acceptors (Lipinski definition) is 1. The van der Waals surface area contributed by atoms with Crippen molar-refractivity contribution in [3.05, 3.63) is 35.4 Å². The topological polar surface area (TPSA) is 12.0 Å². The lowest BCUT2D eigenvalue weighted by molar-refractivity contribution is 0.418. The van der Waals surface area contributed by atoms with Crippen molar-refractivity contribution in [1.82, 2.24) is 5.32 Å². The van der Waals surface area contributed by atoms with Gasteiger partial charge in [0.05, 0.1) is 0 Å². The summed E-state index contributed by atoms with van der Waals surface area (Å²) in [4.78, 5) is 0. The first-order chi connectivity index (χ1) is 8.11. The van der Waals surface area contributed by atoms with Gasteiger partial charge in [-0.3, -0.25) is 0 Å². The van der Waals surface area contributed by atoms with Crippen LogP contribution in [-0.4, -0.2) is 12.6 Å². The van der Waals surface area contributed by atoms with Gasteiger partial charge in [0, 0.05) is 6.04 Å². The van der Waals surface area contributed by atoms with Crippen molar-refractivity contribution in [3.8, 4) is 0 Å². The van der Waals surface area contributed by atoms with Crippen LogP contribution in [0.2, 0.25) is 0 Å².